The van der Waals surface area contributed by atoms with Crippen LogP contribution in [0, 0.1) is 5.82 Å². The summed E-state index contributed by atoms with van der Waals surface area (Å²) in [4.78, 5) is 34.6. The second-order valence-corrected chi connectivity index (χ2v) is 8.15. The van der Waals surface area contributed by atoms with Gasteiger partial charge in [-0.25, -0.2) is 19.2 Å². The van der Waals surface area contributed by atoms with Crippen LogP contribution in [0.25, 0.3) is 11.0 Å². The lowest BCUT2D eigenvalue weighted by Gasteiger charge is -2.14. The number of halogens is 1. The molecule has 3 aromatic rings. The first-order valence-electron chi connectivity index (χ1n) is 9.30. The Morgan fingerprint density at radius 1 is 1.07 bits per heavy atom. The Morgan fingerprint density at radius 2 is 1.75 bits per heavy atom. The number of rotatable bonds is 4. The zero-order valence-corrected chi connectivity index (χ0v) is 16.6. The molecule has 0 atom stereocenters. The van der Waals surface area contributed by atoms with E-state index in [4.69, 9.17) is 4.98 Å². The maximum absolute atomic E-state index is 13.2. The SMILES string of the molecule is Cn1c(=O)c2c(SCc3ccc(F)cc3)nc(C3CCCC3)nc2n(C)c1=O. The summed E-state index contributed by atoms with van der Waals surface area (Å²) in [5.41, 5.74) is 0.523. The number of benzene rings is 1. The van der Waals surface area contributed by atoms with Gasteiger partial charge in [0.25, 0.3) is 5.56 Å². The molecule has 1 aromatic carbocycles. The number of fused-ring (bicyclic) bond motifs is 1. The van der Waals surface area contributed by atoms with E-state index in [-0.39, 0.29) is 11.7 Å². The highest BCUT2D eigenvalue weighted by Crippen LogP contribution is 2.34. The van der Waals surface area contributed by atoms with Crippen molar-refractivity contribution in [2.24, 2.45) is 14.1 Å². The summed E-state index contributed by atoms with van der Waals surface area (Å²) < 4.78 is 15.7. The Hall–Kier alpha value is -2.48. The van der Waals surface area contributed by atoms with Crippen LogP contribution in [0.5, 0.6) is 0 Å². The third-order valence-corrected chi connectivity index (χ3v) is 6.34. The highest BCUT2D eigenvalue weighted by Gasteiger charge is 2.24. The first kappa shape index (κ1) is 18.9. The minimum atomic E-state index is -0.400. The summed E-state index contributed by atoms with van der Waals surface area (Å²) in [6, 6.07) is 6.27. The highest BCUT2D eigenvalue weighted by molar-refractivity contribution is 7.98. The molecule has 1 aliphatic carbocycles. The molecule has 1 aliphatic rings. The van der Waals surface area contributed by atoms with E-state index < -0.39 is 11.2 Å². The van der Waals surface area contributed by atoms with E-state index in [1.165, 1.54) is 35.5 Å². The second-order valence-electron chi connectivity index (χ2n) is 7.19. The van der Waals surface area contributed by atoms with Crippen molar-refractivity contribution in [3.05, 3.63) is 62.3 Å². The Bertz CT molecular complexity index is 1150. The van der Waals surface area contributed by atoms with Crippen molar-refractivity contribution in [2.75, 3.05) is 0 Å². The number of hydrogen-bond donors (Lipinski definition) is 0. The zero-order valence-electron chi connectivity index (χ0n) is 15.8. The van der Waals surface area contributed by atoms with Crippen LogP contribution in [0.3, 0.4) is 0 Å². The van der Waals surface area contributed by atoms with Gasteiger partial charge in [0.1, 0.15) is 22.1 Å². The van der Waals surface area contributed by atoms with Crippen LogP contribution in [0.2, 0.25) is 0 Å². The van der Waals surface area contributed by atoms with Crippen molar-refractivity contribution >= 4 is 22.8 Å². The molecular formula is C20H21FN4O2S. The van der Waals surface area contributed by atoms with Crippen LogP contribution in [0.1, 0.15) is 43.0 Å². The monoisotopic (exact) mass is 400 g/mol. The van der Waals surface area contributed by atoms with Gasteiger partial charge in [-0.1, -0.05) is 25.0 Å². The van der Waals surface area contributed by atoms with Crippen molar-refractivity contribution in [3.63, 3.8) is 0 Å². The van der Waals surface area contributed by atoms with Crippen molar-refractivity contribution in [1.82, 2.24) is 19.1 Å². The van der Waals surface area contributed by atoms with Crippen LogP contribution in [-0.2, 0) is 19.8 Å². The van der Waals surface area contributed by atoms with Crippen molar-refractivity contribution in [3.8, 4) is 0 Å². The van der Waals surface area contributed by atoms with Crippen molar-refractivity contribution in [2.45, 2.75) is 42.4 Å². The largest absolute Gasteiger partial charge is 0.332 e. The average molecular weight is 400 g/mol. The standard InChI is InChI=1S/C20H21FN4O2S/c1-24-17-15(19(26)25(2)20(24)27)18(23-16(22-17)13-5-3-4-6-13)28-11-12-7-9-14(21)10-8-12/h7-10,13H,3-6,11H2,1-2H3. The lowest BCUT2D eigenvalue weighted by Crippen LogP contribution is -2.38. The fourth-order valence-corrected chi connectivity index (χ4v) is 4.63. The predicted molar refractivity (Wildman–Crippen MR) is 107 cm³/mol. The molecule has 0 spiro atoms. The van der Waals surface area contributed by atoms with Gasteiger partial charge in [0, 0.05) is 25.8 Å². The van der Waals surface area contributed by atoms with E-state index in [1.807, 2.05) is 0 Å². The lowest BCUT2D eigenvalue weighted by atomic mass is 10.1. The smallest absolute Gasteiger partial charge is 0.280 e. The zero-order chi connectivity index (χ0) is 19.8. The Kier molecular flexibility index (Phi) is 5.05. The van der Waals surface area contributed by atoms with Gasteiger partial charge in [-0.05, 0) is 30.5 Å². The summed E-state index contributed by atoms with van der Waals surface area (Å²) >= 11 is 1.42. The normalized spacial score (nSPS) is 14.8. The molecule has 0 amide bonds. The molecule has 28 heavy (non-hydrogen) atoms. The molecule has 0 saturated heterocycles. The number of thioether (sulfide) groups is 1. The lowest BCUT2D eigenvalue weighted by molar-refractivity contribution is 0.627. The highest BCUT2D eigenvalue weighted by atomic mass is 32.2. The Morgan fingerprint density at radius 3 is 2.43 bits per heavy atom. The van der Waals surface area contributed by atoms with Crippen molar-refractivity contribution in [1.29, 1.82) is 0 Å². The molecule has 1 saturated carbocycles. The maximum atomic E-state index is 13.2. The van der Waals surface area contributed by atoms with Gasteiger partial charge in [0.15, 0.2) is 5.65 Å². The Labute approximate surface area is 165 Å². The molecule has 6 nitrogen and oxygen atoms in total. The van der Waals surface area contributed by atoms with Crippen LogP contribution in [-0.4, -0.2) is 19.1 Å². The third-order valence-electron chi connectivity index (χ3n) is 5.29. The summed E-state index contributed by atoms with van der Waals surface area (Å²) in [7, 11) is 3.09. The average Bonchev–Trinajstić information content (AvgIpc) is 3.24. The summed E-state index contributed by atoms with van der Waals surface area (Å²) in [6.07, 6.45) is 4.32. The molecule has 0 bridgehead atoms. The first-order valence-corrected chi connectivity index (χ1v) is 10.3. The fourth-order valence-electron chi connectivity index (χ4n) is 3.65. The van der Waals surface area contributed by atoms with Crippen molar-refractivity contribution < 1.29 is 4.39 Å². The molecule has 4 rings (SSSR count). The van der Waals surface area contributed by atoms with E-state index in [9.17, 15) is 14.0 Å². The molecule has 0 N–H and O–H groups in total. The summed E-state index contributed by atoms with van der Waals surface area (Å²) in [5, 5.41) is 0.936. The number of aryl methyl sites for hydroxylation is 1. The predicted octanol–water partition coefficient (Wildman–Crippen LogP) is 3.12. The minimum Gasteiger partial charge on any atom is -0.280 e. The van der Waals surface area contributed by atoms with E-state index in [2.05, 4.69) is 4.98 Å². The fraction of sp³-hybridized carbons (Fsp3) is 0.400. The van der Waals surface area contributed by atoms with Gasteiger partial charge in [-0.3, -0.25) is 13.9 Å². The second kappa shape index (κ2) is 7.50. The minimum absolute atomic E-state index is 0.258. The third kappa shape index (κ3) is 3.37. The number of hydrogen-bond acceptors (Lipinski definition) is 5. The van der Waals surface area contributed by atoms with E-state index in [0.29, 0.717) is 27.6 Å². The molecule has 2 aromatic heterocycles. The molecule has 146 valence electrons. The number of nitrogens with zero attached hydrogens (tertiary/aromatic N) is 4. The molecule has 0 radical (unpaired) electrons. The summed E-state index contributed by atoms with van der Waals surface area (Å²) in [6.45, 7) is 0. The quantitative estimate of drug-likeness (QED) is 0.497. The van der Waals surface area contributed by atoms with Crippen LogP contribution in [0.15, 0.2) is 38.9 Å². The van der Waals surface area contributed by atoms with Crippen LogP contribution < -0.4 is 11.2 Å². The molecule has 8 heteroatoms. The van der Waals surface area contributed by atoms with Crippen LogP contribution in [0.4, 0.5) is 4.39 Å². The van der Waals surface area contributed by atoms with Crippen LogP contribution >= 0.6 is 11.8 Å². The molecule has 0 unspecified atom stereocenters. The summed E-state index contributed by atoms with van der Waals surface area (Å²) in [5.74, 6) is 1.22. The van der Waals surface area contributed by atoms with Gasteiger partial charge in [0.2, 0.25) is 0 Å². The van der Waals surface area contributed by atoms with Gasteiger partial charge in [-0.2, -0.15) is 0 Å². The topological polar surface area (TPSA) is 69.8 Å². The van der Waals surface area contributed by atoms with Gasteiger partial charge < -0.3 is 0 Å². The van der Waals surface area contributed by atoms with E-state index >= 15 is 0 Å². The van der Waals surface area contributed by atoms with Gasteiger partial charge in [0.05, 0.1) is 0 Å². The van der Waals surface area contributed by atoms with E-state index in [0.717, 1.165) is 35.8 Å². The molecular weight excluding hydrogens is 379 g/mol. The molecule has 0 aliphatic heterocycles. The van der Waals surface area contributed by atoms with E-state index in [1.54, 1.807) is 19.2 Å². The maximum Gasteiger partial charge on any atom is 0.332 e. The molecule has 2 heterocycles. The first-order chi connectivity index (χ1) is 13.5. The van der Waals surface area contributed by atoms with Gasteiger partial charge in [-0.15, -0.1) is 11.8 Å². The number of aromatic nitrogens is 4. The Balaban J connectivity index is 1.85. The molecule has 1 fully saturated rings. The van der Waals surface area contributed by atoms with Gasteiger partial charge >= 0.3 is 5.69 Å².